The Bertz CT molecular complexity index is 412. The molecule has 0 fully saturated rings. The number of primary amides is 1. The lowest BCUT2D eigenvalue weighted by atomic mass is 10.2. The summed E-state index contributed by atoms with van der Waals surface area (Å²) in [7, 11) is 0. The van der Waals surface area contributed by atoms with Crippen molar-refractivity contribution in [2.45, 2.75) is 12.6 Å². The fraction of sp³-hybridized carbons (Fsp3) is 0.286. The lowest BCUT2D eigenvalue weighted by Crippen LogP contribution is -2.14. The number of hydrogen-bond acceptors (Lipinski definition) is 5. The Morgan fingerprint density at radius 3 is 2.50 bits per heavy atom. The molecule has 1 heterocycles. The van der Waals surface area contributed by atoms with E-state index in [1.807, 2.05) is 0 Å². The van der Waals surface area contributed by atoms with Crippen molar-refractivity contribution in [2.75, 3.05) is 0 Å². The van der Waals surface area contributed by atoms with Crippen LogP contribution in [0.5, 0.6) is 0 Å². The van der Waals surface area contributed by atoms with Crippen LogP contribution in [-0.2, 0) is 11.0 Å². The molecule has 0 bridgehead atoms. The van der Waals surface area contributed by atoms with Gasteiger partial charge in [-0.1, -0.05) is 5.16 Å². The van der Waals surface area contributed by atoms with Gasteiger partial charge >= 0.3 is 12.1 Å². The number of alkyl halides is 3. The van der Waals surface area contributed by atoms with E-state index in [4.69, 9.17) is 5.73 Å². The fourth-order valence-electron chi connectivity index (χ4n) is 0.723. The van der Waals surface area contributed by atoms with E-state index in [1.165, 1.54) is 0 Å². The molecule has 1 radical (unpaired) electrons. The van der Waals surface area contributed by atoms with E-state index in [2.05, 4.69) is 14.7 Å². The summed E-state index contributed by atoms with van der Waals surface area (Å²) in [6, 6.07) is 0. The summed E-state index contributed by atoms with van der Waals surface area (Å²) in [6.07, 6.45) is -4.45. The number of nitrogens with two attached hydrogens (primary N) is 1. The first-order valence-corrected chi connectivity index (χ1v) is 3.87. The van der Waals surface area contributed by atoms with Gasteiger partial charge in [-0.15, -0.1) is 0 Å². The van der Waals surface area contributed by atoms with Gasteiger partial charge in [-0.3, -0.25) is 9.59 Å². The maximum absolute atomic E-state index is 12.0. The second-order valence-electron chi connectivity index (χ2n) is 2.66. The van der Waals surface area contributed by atoms with Crippen molar-refractivity contribution in [3.8, 4) is 0 Å². The number of carbonyl (C=O) groups is 2. The predicted octanol–water partition coefficient (Wildman–Crippen LogP) is 0.351. The number of halogens is 3. The van der Waals surface area contributed by atoms with Crippen LogP contribution in [0.4, 0.5) is 13.2 Å². The monoisotopic (exact) mass is 236 g/mol. The number of Topliss-reactive ketones (excluding diaryl/α,β-unsaturated/α-hetero) is 1. The predicted molar refractivity (Wildman–Crippen MR) is 41.7 cm³/mol. The van der Waals surface area contributed by atoms with Gasteiger partial charge in [0.25, 0.3) is 0 Å². The molecule has 1 aromatic heterocycles. The number of aromatic nitrogens is 2. The van der Waals surface area contributed by atoms with E-state index in [9.17, 15) is 22.8 Å². The van der Waals surface area contributed by atoms with Gasteiger partial charge < -0.3 is 10.3 Å². The normalized spacial score (nSPS) is 11.4. The molecule has 0 aliphatic carbocycles. The van der Waals surface area contributed by atoms with Crippen molar-refractivity contribution in [1.82, 2.24) is 10.1 Å². The number of ketones is 1. The molecule has 1 rings (SSSR count). The molecule has 2 N–H and O–H groups in total. The fourth-order valence-corrected chi connectivity index (χ4v) is 0.723. The Morgan fingerprint density at radius 1 is 1.44 bits per heavy atom. The van der Waals surface area contributed by atoms with Crippen molar-refractivity contribution in [1.29, 1.82) is 0 Å². The highest BCUT2D eigenvalue weighted by atomic mass is 19.4. The van der Waals surface area contributed by atoms with E-state index in [0.29, 0.717) is 0 Å². The highest BCUT2D eigenvalue weighted by Crippen LogP contribution is 2.27. The average Bonchev–Trinajstić information content (AvgIpc) is 2.61. The van der Waals surface area contributed by atoms with Crippen LogP contribution in [0.25, 0.3) is 0 Å². The maximum atomic E-state index is 12.0. The number of rotatable bonds is 4. The first kappa shape index (κ1) is 12.1. The summed E-state index contributed by atoms with van der Waals surface area (Å²) in [5.74, 6) is -4.15. The summed E-state index contributed by atoms with van der Waals surface area (Å²) >= 11 is 0. The molecule has 87 valence electrons. The second kappa shape index (κ2) is 4.29. The molecule has 0 atom stereocenters. The van der Waals surface area contributed by atoms with Crippen LogP contribution in [0.15, 0.2) is 4.52 Å². The van der Waals surface area contributed by atoms with Gasteiger partial charge in [-0.2, -0.15) is 18.2 Å². The van der Waals surface area contributed by atoms with Gasteiger partial charge in [0.05, 0.1) is 0 Å². The molecule has 1 aromatic rings. The first-order valence-electron chi connectivity index (χ1n) is 3.87. The highest BCUT2D eigenvalue weighted by molar-refractivity contribution is 6.01. The van der Waals surface area contributed by atoms with Gasteiger partial charge in [0.15, 0.2) is 0 Å². The van der Waals surface area contributed by atoms with Crippen LogP contribution >= 0.6 is 0 Å². The van der Waals surface area contributed by atoms with Crippen LogP contribution in [0.2, 0.25) is 0 Å². The van der Waals surface area contributed by atoms with Crippen LogP contribution in [0.1, 0.15) is 22.9 Å². The average molecular weight is 236 g/mol. The zero-order valence-corrected chi connectivity index (χ0v) is 7.61. The third kappa shape index (κ3) is 3.04. The van der Waals surface area contributed by atoms with Gasteiger partial charge in [0.2, 0.25) is 17.5 Å². The summed E-state index contributed by atoms with van der Waals surface area (Å²) in [5, 5.41) is 2.82. The zero-order chi connectivity index (χ0) is 12.3. The SMILES string of the molecule is NC(=O)C[CH]C(=O)c1noc(C(F)(F)F)n1. The van der Waals surface area contributed by atoms with Crippen LogP contribution in [0.3, 0.4) is 0 Å². The summed E-state index contributed by atoms with van der Waals surface area (Å²) in [4.78, 5) is 24.2. The molecule has 6 nitrogen and oxygen atoms in total. The molecule has 0 saturated heterocycles. The summed E-state index contributed by atoms with van der Waals surface area (Å²) in [6.45, 7) is 0. The summed E-state index contributed by atoms with van der Waals surface area (Å²) < 4.78 is 39.8. The number of nitrogens with zero attached hydrogens (tertiary/aromatic N) is 2. The van der Waals surface area contributed by atoms with E-state index in [1.54, 1.807) is 0 Å². The smallest absolute Gasteiger partial charge is 0.370 e. The zero-order valence-electron chi connectivity index (χ0n) is 7.61. The topological polar surface area (TPSA) is 99.1 Å². The summed E-state index contributed by atoms with van der Waals surface area (Å²) in [5.41, 5.74) is 4.73. The third-order valence-corrected chi connectivity index (χ3v) is 1.38. The van der Waals surface area contributed by atoms with Crippen molar-refractivity contribution in [3.05, 3.63) is 18.1 Å². The molecule has 0 unspecified atom stereocenters. The van der Waals surface area contributed by atoms with Gasteiger partial charge in [0, 0.05) is 12.8 Å². The first-order chi connectivity index (χ1) is 7.30. The number of amides is 1. The van der Waals surface area contributed by atoms with Crippen molar-refractivity contribution < 1.29 is 27.3 Å². The number of carbonyl (C=O) groups excluding carboxylic acids is 2. The van der Waals surface area contributed by atoms with Gasteiger partial charge in [-0.05, 0) is 0 Å². The highest BCUT2D eigenvalue weighted by Gasteiger charge is 2.39. The molecule has 1 amide bonds. The van der Waals surface area contributed by atoms with E-state index in [-0.39, 0.29) is 0 Å². The Balaban J connectivity index is 2.71. The molecule has 0 aliphatic rings. The lowest BCUT2D eigenvalue weighted by molar-refractivity contribution is -0.159. The minimum atomic E-state index is -4.81. The molecule has 0 aromatic carbocycles. The molecule has 9 heteroatoms. The van der Waals surface area contributed by atoms with Crippen LogP contribution in [0, 0.1) is 6.42 Å². The Labute approximate surface area is 86.6 Å². The molecule has 0 aliphatic heterocycles. The number of hydrogen-bond donors (Lipinski definition) is 1. The van der Waals surface area contributed by atoms with E-state index < -0.39 is 36.0 Å². The van der Waals surface area contributed by atoms with Crippen molar-refractivity contribution >= 4 is 11.7 Å². The molecule has 16 heavy (non-hydrogen) atoms. The van der Waals surface area contributed by atoms with Crippen molar-refractivity contribution in [3.63, 3.8) is 0 Å². The van der Waals surface area contributed by atoms with E-state index >= 15 is 0 Å². The maximum Gasteiger partial charge on any atom is 0.471 e. The minimum Gasteiger partial charge on any atom is -0.370 e. The Kier molecular flexibility index (Phi) is 3.25. The minimum absolute atomic E-state index is 0.408. The molecular formula is C7H5F3N3O3. The quantitative estimate of drug-likeness (QED) is 0.760. The Morgan fingerprint density at radius 2 is 2.06 bits per heavy atom. The molecular weight excluding hydrogens is 231 g/mol. The van der Waals surface area contributed by atoms with Crippen LogP contribution in [-0.4, -0.2) is 21.8 Å². The molecule has 0 spiro atoms. The largest absolute Gasteiger partial charge is 0.471 e. The molecule has 0 saturated carbocycles. The van der Waals surface area contributed by atoms with E-state index in [0.717, 1.165) is 6.42 Å². The Hall–Kier alpha value is -1.93. The van der Waals surface area contributed by atoms with Gasteiger partial charge in [0.1, 0.15) is 0 Å². The lowest BCUT2D eigenvalue weighted by Gasteiger charge is -1.95. The van der Waals surface area contributed by atoms with Crippen molar-refractivity contribution in [2.24, 2.45) is 5.73 Å². The second-order valence-corrected chi connectivity index (χ2v) is 2.66. The van der Waals surface area contributed by atoms with Crippen LogP contribution < -0.4 is 5.73 Å². The standard InChI is InChI=1S/C7H5F3N3O3/c8-7(9,10)6-12-5(13-16-6)3(14)1-2-4(11)15/h1H,2H2,(H2,11,15). The van der Waals surface area contributed by atoms with Gasteiger partial charge in [-0.25, -0.2) is 0 Å². The third-order valence-electron chi connectivity index (χ3n) is 1.38.